The summed E-state index contributed by atoms with van der Waals surface area (Å²) >= 11 is 0. The topological polar surface area (TPSA) is 170 Å². The van der Waals surface area contributed by atoms with Crippen LogP contribution in [0.25, 0.3) is 11.0 Å². The van der Waals surface area contributed by atoms with Gasteiger partial charge >= 0.3 is 11.9 Å². The zero-order valence-electron chi connectivity index (χ0n) is 19.7. The maximum atomic E-state index is 13.0. The average molecular weight is 485 g/mol. The third kappa shape index (κ3) is 4.43. The second-order valence-electron chi connectivity index (χ2n) is 10.7. The summed E-state index contributed by atoms with van der Waals surface area (Å²) in [5.41, 5.74) is 0.639. The van der Waals surface area contributed by atoms with E-state index in [2.05, 4.69) is 30.8 Å². The molecule has 11 nitrogen and oxygen atoms in total. The summed E-state index contributed by atoms with van der Waals surface area (Å²) in [7, 11) is 0. The molecule has 0 spiro atoms. The van der Waals surface area contributed by atoms with Gasteiger partial charge in [0.15, 0.2) is 11.5 Å². The van der Waals surface area contributed by atoms with E-state index in [-0.39, 0.29) is 22.9 Å². The molecule has 0 unspecified atom stereocenters. The highest BCUT2D eigenvalue weighted by Crippen LogP contribution is 2.56. The van der Waals surface area contributed by atoms with Gasteiger partial charge in [-0.15, -0.1) is 0 Å². The van der Waals surface area contributed by atoms with E-state index in [1.54, 1.807) is 0 Å². The third-order valence-electron chi connectivity index (χ3n) is 8.80. The van der Waals surface area contributed by atoms with Gasteiger partial charge in [-0.25, -0.2) is 9.97 Å². The Kier molecular flexibility index (Phi) is 6.10. The predicted octanol–water partition coefficient (Wildman–Crippen LogP) is 2.81. The molecule has 5 N–H and O–H groups in total. The van der Waals surface area contributed by atoms with Crippen molar-refractivity contribution in [1.29, 1.82) is 0 Å². The largest absolute Gasteiger partial charge is 0.481 e. The molecule has 4 fully saturated rings. The van der Waals surface area contributed by atoms with Gasteiger partial charge in [-0.2, -0.15) is 5.10 Å². The number of hydrogen-bond acceptors (Lipinski definition) is 7. The van der Waals surface area contributed by atoms with E-state index in [9.17, 15) is 19.5 Å². The van der Waals surface area contributed by atoms with E-state index in [0.717, 1.165) is 32.1 Å². The average Bonchev–Trinajstić information content (AvgIpc) is 3.30. The van der Waals surface area contributed by atoms with E-state index < -0.39 is 17.4 Å². The van der Waals surface area contributed by atoms with Gasteiger partial charge in [0.25, 0.3) is 5.91 Å². The minimum absolute atomic E-state index is 0.0423. The Bertz CT molecular complexity index is 1110. The fourth-order valence-corrected chi connectivity index (χ4v) is 6.19. The number of hydrogen-bond donors (Lipinski definition) is 5. The molecule has 0 aromatic carbocycles. The van der Waals surface area contributed by atoms with Gasteiger partial charge in [0, 0.05) is 13.1 Å². The van der Waals surface area contributed by atoms with Crippen molar-refractivity contribution >= 4 is 34.7 Å². The minimum atomic E-state index is -0.711. The van der Waals surface area contributed by atoms with E-state index in [0.29, 0.717) is 68.0 Å². The van der Waals surface area contributed by atoms with E-state index in [1.165, 1.54) is 6.33 Å². The number of carbonyl (C=O) groups excluding carboxylic acids is 1. The number of nitrogens with zero attached hydrogens (tertiary/aromatic N) is 3. The van der Waals surface area contributed by atoms with Crippen LogP contribution in [-0.4, -0.2) is 61.3 Å². The highest BCUT2D eigenvalue weighted by Gasteiger charge is 2.52. The van der Waals surface area contributed by atoms with E-state index in [4.69, 9.17) is 5.11 Å². The van der Waals surface area contributed by atoms with Crippen molar-refractivity contribution in [2.75, 3.05) is 18.4 Å². The molecule has 2 bridgehead atoms. The van der Waals surface area contributed by atoms with Crippen LogP contribution in [0.15, 0.2) is 6.33 Å². The standard InChI is InChI=1S/C24H32N6O5/c31-20(26-12-23-5-8-24(9-6-23,10-7-23)22(34)35)18-16-17(27-13-28-18)19(30-29-16)25-11-14-1-3-15(4-2-14)21(32)33/h13-15H,1-12H2,(H,26,31)(H,32,33)(H,34,35)(H2,25,29,30). The number of fused-ring (bicyclic) bond motifs is 4. The first-order chi connectivity index (χ1) is 16.8. The molecule has 11 heteroatoms. The van der Waals surface area contributed by atoms with Crippen LogP contribution < -0.4 is 10.6 Å². The molecule has 4 aliphatic rings. The monoisotopic (exact) mass is 484 g/mol. The number of H-pyrrole nitrogens is 1. The van der Waals surface area contributed by atoms with Crippen LogP contribution in [0.5, 0.6) is 0 Å². The quantitative estimate of drug-likeness (QED) is 0.378. The molecule has 4 saturated carbocycles. The molecule has 188 valence electrons. The van der Waals surface area contributed by atoms with Crippen molar-refractivity contribution in [3.05, 3.63) is 12.0 Å². The molecule has 0 atom stereocenters. The van der Waals surface area contributed by atoms with Gasteiger partial charge in [-0.05, 0) is 75.5 Å². The molecule has 2 aromatic heterocycles. The highest BCUT2D eigenvalue weighted by molar-refractivity contribution is 6.04. The number of aromatic amines is 1. The molecular formula is C24H32N6O5. The zero-order valence-corrected chi connectivity index (χ0v) is 19.7. The number of aliphatic carboxylic acids is 2. The molecule has 0 saturated heterocycles. The van der Waals surface area contributed by atoms with Crippen LogP contribution in [0.2, 0.25) is 0 Å². The first kappa shape index (κ1) is 23.5. The lowest BCUT2D eigenvalue weighted by molar-refractivity contribution is -0.158. The third-order valence-corrected chi connectivity index (χ3v) is 8.80. The van der Waals surface area contributed by atoms with Gasteiger partial charge in [0.05, 0.1) is 11.3 Å². The van der Waals surface area contributed by atoms with Crippen molar-refractivity contribution in [2.45, 2.75) is 64.2 Å². The Balaban J connectivity index is 1.20. The summed E-state index contributed by atoms with van der Waals surface area (Å²) in [6.45, 7) is 1.17. The van der Waals surface area contributed by atoms with Gasteiger partial charge in [-0.3, -0.25) is 19.5 Å². The number of aromatic nitrogens is 4. The van der Waals surface area contributed by atoms with Crippen LogP contribution in [0.1, 0.15) is 74.7 Å². The van der Waals surface area contributed by atoms with Gasteiger partial charge in [0.2, 0.25) is 0 Å². The molecule has 6 rings (SSSR count). The second kappa shape index (κ2) is 9.09. The first-order valence-electron chi connectivity index (χ1n) is 12.5. The summed E-state index contributed by atoms with van der Waals surface area (Å²) in [5.74, 6) is -1.01. The van der Waals surface area contributed by atoms with Crippen molar-refractivity contribution in [3.8, 4) is 0 Å². The SMILES string of the molecule is O=C(NCC12CCC(C(=O)O)(CC1)CC2)c1ncnc2c(NCC3CCC(C(=O)O)CC3)n[nH]c12. The second-order valence-corrected chi connectivity index (χ2v) is 10.7. The maximum Gasteiger partial charge on any atom is 0.309 e. The number of amides is 1. The first-order valence-corrected chi connectivity index (χ1v) is 12.5. The number of rotatable bonds is 8. The van der Waals surface area contributed by atoms with Crippen molar-refractivity contribution in [2.24, 2.45) is 22.7 Å². The Morgan fingerprint density at radius 2 is 1.69 bits per heavy atom. The summed E-state index contributed by atoms with van der Waals surface area (Å²) in [6.07, 6.45) is 8.88. The van der Waals surface area contributed by atoms with E-state index in [1.807, 2.05) is 0 Å². The molecule has 0 radical (unpaired) electrons. The molecule has 1 amide bonds. The Hall–Kier alpha value is -3.24. The fourth-order valence-electron chi connectivity index (χ4n) is 6.19. The molecule has 2 heterocycles. The van der Waals surface area contributed by atoms with Crippen LogP contribution in [0, 0.1) is 22.7 Å². The molecule has 4 aliphatic carbocycles. The summed E-state index contributed by atoms with van der Waals surface area (Å²) in [6, 6.07) is 0. The van der Waals surface area contributed by atoms with Gasteiger partial charge in [0.1, 0.15) is 17.4 Å². The Morgan fingerprint density at radius 3 is 2.31 bits per heavy atom. The van der Waals surface area contributed by atoms with Gasteiger partial charge < -0.3 is 20.8 Å². The fraction of sp³-hybridized carbons (Fsp3) is 0.667. The maximum absolute atomic E-state index is 13.0. The summed E-state index contributed by atoms with van der Waals surface area (Å²) in [5, 5.41) is 32.3. The predicted molar refractivity (Wildman–Crippen MR) is 126 cm³/mol. The van der Waals surface area contributed by atoms with Crippen molar-refractivity contribution in [3.63, 3.8) is 0 Å². The number of anilines is 1. The normalized spacial score (nSPS) is 30.2. The van der Waals surface area contributed by atoms with Crippen LogP contribution in [0.4, 0.5) is 5.82 Å². The van der Waals surface area contributed by atoms with Gasteiger partial charge in [-0.1, -0.05) is 0 Å². The zero-order chi connectivity index (χ0) is 24.6. The van der Waals surface area contributed by atoms with Crippen molar-refractivity contribution in [1.82, 2.24) is 25.5 Å². The van der Waals surface area contributed by atoms with E-state index >= 15 is 0 Å². The molecule has 0 aliphatic heterocycles. The lowest BCUT2D eigenvalue weighted by atomic mass is 9.53. The van der Waals surface area contributed by atoms with Crippen molar-refractivity contribution < 1.29 is 24.6 Å². The Labute approximate surface area is 202 Å². The number of carboxylic acid groups (broad SMARTS) is 2. The lowest BCUT2D eigenvalue weighted by Gasteiger charge is -2.51. The molecular weight excluding hydrogens is 452 g/mol. The van der Waals surface area contributed by atoms with Crippen LogP contribution in [-0.2, 0) is 9.59 Å². The summed E-state index contributed by atoms with van der Waals surface area (Å²) < 4.78 is 0. The number of carbonyl (C=O) groups is 3. The highest BCUT2D eigenvalue weighted by atomic mass is 16.4. The van der Waals surface area contributed by atoms with Crippen LogP contribution in [0.3, 0.4) is 0 Å². The number of nitrogens with one attached hydrogen (secondary N) is 3. The molecule has 35 heavy (non-hydrogen) atoms. The minimum Gasteiger partial charge on any atom is -0.481 e. The van der Waals surface area contributed by atoms with Crippen LogP contribution >= 0.6 is 0 Å². The lowest BCUT2D eigenvalue weighted by Crippen LogP contribution is -2.50. The molecule has 2 aromatic rings. The summed E-state index contributed by atoms with van der Waals surface area (Å²) in [4.78, 5) is 44.4. The smallest absolute Gasteiger partial charge is 0.309 e. The number of carboxylic acids is 2. The Morgan fingerprint density at radius 1 is 1.00 bits per heavy atom.